The lowest BCUT2D eigenvalue weighted by Gasteiger charge is -2.19. The summed E-state index contributed by atoms with van der Waals surface area (Å²) in [4.78, 5) is 17.5. The van der Waals surface area contributed by atoms with Gasteiger partial charge in [0.15, 0.2) is 11.5 Å². The van der Waals surface area contributed by atoms with Gasteiger partial charge >= 0.3 is 5.97 Å². The highest BCUT2D eigenvalue weighted by Crippen LogP contribution is 2.35. The van der Waals surface area contributed by atoms with Crippen LogP contribution in [0.3, 0.4) is 0 Å². The van der Waals surface area contributed by atoms with Crippen molar-refractivity contribution in [1.82, 2.24) is 4.98 Å². The van der Waals surface area contributed by atoms with E-state index in [0.29, 0.717) is 17.3 Å². The molecule has 0 aliphatic heterocycles. The van der Waals surface area contributed by atoms with E-state index < -0.39 is 0 Å². The van der Waals surface area contributed by atoms with Gasteiger partial charge in [-0.05, 0) is 23.6 Å². The van der Waals surface area contributed by atoms with Crippen LogP contribution < -0.4 is 14.4 Å². The molecule has 6 heteroatoms. The summed E-state index contributed by atoms with van der Waals surface area (Å²) >= 11 is 0. The Bertz CT molecular complexity index is 657. The van der Waals surface area contributed by atoms with Crippen LogP contribution in [-0.2, 0) is 9.53 Å². The van der Waals surface area contributed by atoms with E-state index >= 15 is 0 Å². The molecule has 0 N–H and O–H groups in total. The summed E-state index contributed by atoms with van der Waals surface area (Å²) in [5.74, 6) is 1.62. The number of anilines is 1. The summed E-state index contributed by atoms with van der Waals surface area (Å²) in [5, 5.41) is 1.83. The minimum atomic E-state index is -0.322. The first-order valence-electron chi connectivity index (χ1n) is 6.39. The van der Waals surface area contributed by atoms with Crippen LogP contribution in [-0.4, -0.2) is 45.9 Å². The molecule has 0 fully saturated rings. The van der Waals surface area contributed by atoms with Crippen LogP contribution in [0, 0.1) is 0 Å². The molecule has 1 heterocycles. The van der Waals surface area contributed by atoms with Crippen LogP contribution in [0.15, 0.2) is 24.4 Å². The Labute approximate surface area is 123 Å². The Balaban J connectivity index is 2.51. The highest BCUT2D eigenvalue weighted by molar-refractivity contribution is 5.95. The second kappa shape index (κ2) is 6.30. The molecule has 0 aliphatic carbocycles. The number of aromatic nitrogens is 1. The molecule has 0 spiro atoms. The van der Waals surface area contributed by atoms with Crippen molar-refractivity contribution in [2.75, 3.05) is 39.8 Å². The highest BCUT2D eigenvalue weighted by Gasteiger charge is 2.14. The Morgan fingerprint density at radius 3 is 2.48 bits per heavy atom. The lowest BCUT2D eigenvalue weighted by atomic mass is 10.1. The van der Waals surface area contributed by atoms with Gasteiger partial charge < -0.3 is 19.1 Å². The van der Waals surface area contributed by atoms with Gasteiger partial charge in [0.2, 0.25) is 0 Å². The zero-order valence-electron chi connectivity index (χ0n) is 12.5. The molecule has 0 amide bonds. The molecule has 1 aromatic heterocycles. The average molecular weight is 290 g/mol. The molecule has 112 valence electrons. The largest absolute Gasteiger partial charge is 0.493 e. The Morgan fingerprint density at radius 1 is 1.19 bits per heavy atom. The molecular formula is C15H18N2O4. The van der Waals surface area contributed by atoms with Gasteiger partial charge in [0.25, 0.3) is 0 Å². The minimum Gasteiger partial charge on any atom is -0.493 e. The van der Waals surface area contributed by atoms with E-state index in [1.54, 1.807) is 32.4 Å². The van der Waals surface area contributed by atoms with Gasteiger partial charge in [-0.15, -0.1) is 0 Å². The lowest BCUT2D eigenvalue weighted by molar-refractivity contribution is -0.138. The van der Waals surface area contributed by atoms with E-state index in [-0.39, 0.29) is 12.5 Å². The first-order chi connectivity index (χ1) is 10.1. The SMILES string of the molecule is COC(=O)CN(C)c1nccc2cc(OC)c(OC)cc12. The molecule has 6 nitrogen and oxygen atoms in total. The van der Waals surface area contributed by atoms with E-state index in [2.05, 4.69) is 9.72 Å². The minimum absolute atomic E-state index is 0.122. The van der Waals surface area contributed by atoms with Crippen molar-refractivity contribution in [2.45, 2.75) is 0 Å². The fourth-order valence-corrected chi connectivity index (χ4v) is 2.12. The van der Waals surface area contributed by atoms with Crippen LogP contribution in [0.25, 0.3) is 10.8 Å². The molecule has 1 aromatic carbocycles. The average Bonchev–Trinajstić information content (AvgIpc) is 2.52. The van der Waals surface area contributed by atoms with Crippen molar-refractivity contribution in [3.63, 3.8) is 0 Å². The molecule has 2 rings (SSSR count). The predicted octanol–water partition coefficient (Wildman–Crippen LogP) is 1.86. The molecule has 0 unspecified atom stereocenters. The van der Waals surface area contributed by atoms with Crippen molar-refractivity contribution >= 4 is 22.6 Å². The lowest BCUT2D eigenvalue weighted by Crippen LogP contribution is -2.27. The first-order valence-corrected chi connectivity index (χ1v) is 6.39. The summed E-state index contributed by atoms with van der Waals surface area (Å²) in [5.41, 5.74) is 0. The number of methoxy groups -OCH3 is 3. The number of pyridine rings is 1. The van der Waals surface area contributed by atoms with Gasteiger partial charge in [-0.1, -0.05) is 0 Å². The number of carbonyl (C=O) groups excluding carboxylic acids is 1. The van der Waals surface area contributed by atoms with Crippen molar-refractivity contribution in [1.29, 1.82) is 0 Å². The van der Waals surface area contributed by atoms with Crippen molar-refractivity contribution in [3.05, 3.63) is 24.4 Å². The highest BCUT2D eigenvalue weighted by atomic mass is 16.5. The molecule has 21 heavy (non-hydrogen) atoms. The molecule has 0 saturated carbocycles. The Kier molecular flexibility index (Phi) is 4.47. The number of carbonyl (C=O) groups is 1. The van der Waals surface area contributed by atoms with Crippen LogP contribution in [0.4, 0.5) is 5.82 Å². The third-order valence-corrected chi connectivity index (χ3v) is 3.20. The van der Waals surface area contributed by atoms with E-state index in [0.717, 1.165) is 10.8 Å². The monoisotopic (exact) mass is 290 g/mol. The fraction of sp³-hybridized carbons (Fsp3) is 0.333. The zero-order chi connectivity index (χ0) is 15.4. The van der Waals surface area contributed by atoms with Gasteiger partial charge in [-0.25, -0.2) is 4.98 Å². The Hall–Kier alpha value is -2.50. The smallest absolute Gasteiger partial charge is 0.325 e. The maximum Gasteiger partial charge on any atom is 0.325 e. The number of hydrogen-bond acceptors (Lipinski definition) is 6. The summed E-state index contributed by atoms with van der Waals surface area (Å²) in [6.07, 6.45) is 1.69. The van der Waals surface area contributed by atoms with Crippen molar-refractivity contribution < 1.29 is 19.0 Å². The Morgan fingerprint density at radius 2 is 1.86 bits per heavy atom. The molecule has 2 aromatic rings. The number of likely N-dealkylation sites (N-methyl/N-ethyl adjacent to an activating group) is 1. The number of hydrogen-bond donors (Lipinski definition) is 0. The standard InChI is InChI=1S/C15H18N2O4/c1-17(9-14(18)21-4)15-11-8-13(20-3)12(19-2)7-10(11)5-6-16-15/h5-8H,9H2,1-4H3. The summed E-state index contributed by atoms with van der Waals surface area (Å²) < 4.78 is 15.3. The zero-order valence-corrected chi connectivity index (χ0v) is 12.5. The second-order valence-corrected chi connectivity index (χ2v) is 4.50. The topological polar surface area (TPSA) is 60.9 Å². The molecular weight excluding hydrogens is 272 g/mol. The van der Waals surface area contributed by atoms with Crippen LogP contribution in [0.5, 0.6) is 11.5 Å². The van der Waals surface area contributed by atoms with E-state index in [4.69, 9.17) is 9.47 Å². The third-order valence-electron chi connectivity index (χ3n) is 3.20. The van der Waals surface area contributed by atoms with E-state index in [1.807, 2.05) is 18.2 Å². The van der Waals surface area contributed by atoms with Crippen molar-refractivity contribution in [2.24, 2.45) is 0 Å². The van der Waals surface area contributed by atoms with Gasteiger partial charge in [0.1, 0.15) is 12.4 Å². The van der Waals surface area contributed by atoms with Gasteiger partial charge in [0, 0.05) is 18.6 Å². The maximum atomic E-state index is 11.4. The van der Waals surface area contributed by atoms with Crippen molar-refractivity contribution in [3.8, 4) is 11.5 Å². The molecule has 0 radical (unpaired) electrons. The van der Waals surface area contributed by atoms with Gasteiger partial charge in [0.05, 0.1) is 21.3 Å². The number of ether oxygens (including phenoxy) is 3. The molecule has 0 saturated heterocycles. The third kappa shape index (κ3) is 2.99. The second-order valence-electron chi connectivity index (χ2n) is 4.50. The predicted molar refractivity (Wildman–Crippen MR) is 80.1 cm³/mol. The molecule has 0 atom stereocenters. The number of fused-ring (bicyclic) bond motifs is 1. The fourth-order valence-electron chi connectivity index (χ4n) is 2.12. The quantitative estimate of drug-likeness (QED) is 0.783. The first kappa shape index (κ1) is 14.9. The number of benzene rings is 1. The van der Waals surface area contributed by atoms with Crippen LogP contribution in [0.2, 0.25) is 0 Å². The maximum absolute atomic E-state index is 11.4. The van der Waals surface area contributed by atoms with E-state index in [9.17, 15) is 4.79 Å². The van der Waals surface area contributed by atoms with Crippen LogP contribution >= 0.6 is 0 Å². The number of rotatable bonds is 5. The van der Waals surface area contributed by atoms with Gasteiger partial charge in [-0.3, -0.25) is 4.79 Å². The number of esters is 1. The molecule has 0 bridgehead atoms. The summed E-state index contributed by atoms with van der Waals surface area (Å²) in [7, 11) is 6.32. The van der Waals surface area contributed by atoms with Crippen LogP contribution in [0.1, 0.15) is 0 Å². The van der Waals surface area contributed by atoms with E-state index in [1.165, 1.54) is 7.11 Å². The normalized spacial score (nSPS) is 10.3. The summed E-state index contributed by atoms with van der Waals surface area (Å²) in [6.45, 7) is 0.122. The molecule has 0 aliphatic rings. The van der Waals surface area contributed by atoms with Gasteiger partial charge in [-0.2, -0.15) is 0 Å². The number of nitrogens with zero attached hydrogens (tertiary/aromatic N) is 2. The summed E-state index contributed by atoms with van der Waals surface area (Å²) in [6, 6.07) is 5.61.